The molecule has 0 bridgehead atoms. The van der Waals surface area contributed by atoms with Crippen LogP contribution in [0, 0.1) is 12.7 Å². The monoisotopic (exact) mass is 423 g/mol. The second kappa shape index (κ2) is 8.08. The SMILES string of the molecule is Cc1nc(-c2ccc(F)cc2)sc1C(=O)N[C@@H](Cc1c[nH]c2ccccc12)C(=O)O. The number of carbonyl (C=O) groups is 2. The number of carboxylic acids is 1. The van der Waals surface area contributed by atoms with Gasteiger partial charge in [0.1, 0.15) is 21.7 Å². The number of fused-ring (bicyclic) bond motifs is 1. The standard InChI is InChI=1S/C22H18FN3O3S/c1-12-19(30-21(25-12)13-6-8-15(23)9-7-13)20(27)26-18(22(28)29)10-14-11-24-17-5-3-2-4-16(14)17/h2-9,11,18,24H,10H2,1H3,(H,26,27)(H,28,29)/t18-/m0/s1. The highest BCUT2D eigenvalue weighted by atomic mass is 32.1. The third kappa shape index (κ3) is 3.95. The maximum Gasteiger partial charge on any atom is 0.326 e. The number of thiazole rings is 1. The molecule has 0 unspecified atom stereocenters. The number of amides is 1. The van der Waals surface area contributed by atoms with E-state index in [4.69, 9.17) is 0 Å². The summed E-state index contributed by atoms with van der Waals surface area (Å²) in [6, 6.07) is 12.3. The van der Waals surface area contributed by atoms with Gasteiger partial charge in [-0.25, -0.2) is 14.2 Å². The predicted molar refractivity (Wildman–Crippen MR) is 113 cm³/mol. The maximum atomic E-state index is 13.1. The molecule has 0 radical (unpaired) electrons. The lowest BCUT2D eigenvalue weighted by atomic mass is 10.0. The smallest absolute Gasteiger partial charge is 0.326 e. The zero-order valence-corrected chi connectivity index (χ0v) is 16.8. The molecule has 1 amide bonds. The zero-order chi connectivity index (χ0) is 21.3. The highest BCUT2D eigenvalue weighted by Gasteiger charge is 2.25. The van der Waals surface area contributed by atoms with E-state index < -0.39 is 17.9 Å². The molecule has 0 aliphatic carbocycles. The number of aromatic amines is 1. The molecule has 4 rings (SSSR count). The number of aliphatic carboxylic acids is 1. The Morgan fingerprint density at radius 2 is 1.93 bits per heavy atom. The minimum absolute atomic E-state index is 0.147. The van der Waals surface area contributed by atoms with Crippen LogP contribution in [0.15, 0.2) is 54.7 Å². The number of nitrogens with zero attached hydrogens (tertiary/aromatic N) is 1. The summed E-state index contributed by atoms with van der Waals surface area (Å²) in [5, 5.41) is 13.7. The van der Waals surface area contributed by atoms with Crippen LogP contribution in [-0.2, 0) is 11.2 Å². The number of para-hydroxylation sites is 1. The van der Waals surface area contributed by atoms with Crippen LogP contribution in [0.4, 0.5) is 4.39 Å². The van der Waals surface area contributed by atoms with Gasteiger partial charge in [0.05, 0.1) is 5.69 Å². The second-order valence-corrected chi connectivity index (χ2v) is 7.87. The first kappa shape index (κ1) is 19.8. The van der Waals surface area contributed by atoms with Gasteiger partial charge in [-0.05, 0) is 42.8 Å². The fourth-order valence-corrected chi connectivity index (χ4v) is 4.24. The van der Waals surface area contributed by atoms with Crippen LogP contribution in [0.1, 0.15) is 20.9 Å². The van der Waals surface area contributed by atoms with E-state index >= 15 is 0 Å². The normalized spacial score (nSPS) is 12.1. The molecule has 2 aromatic carbocycles. The number of nitrogens with one attached hydrogen (secondary N) is 2. The summed E-state index contributed by atoms with van der Waals surface area (Å²) in [5.74, 6) is -1.97. The van der Waals surface area contributed by atoms with Crippen molar-refractivity contribution in [2.45, 2.75) is 19.4 Å². The van der Waals surface area contributed by atoms with Gasteiger partial charge in [-0.2, -0.15) is 0 Å². The number of aryl methyl sites for hydroxylation is 1. The van der Waals surface area contributed by atoms with Crippen molar-refractivity contribution in [1.82, 2.24) is 15.3 Å². The molecule has 0 aliphatic heterocycles. The number of hydrogen-bond acceptors (Lipinski definition) is 4. The third-order valence-electron chi connectivity index (χ3n) is 4.80. The first-order valence-electron chi connectivity index (χ1n) is 9.24. The summed E-state index contributed by atoms with van der Waals surface area (Å²) in [6.45, 7) is 1.69. The quantitative estimate of drug-likeness (QED) is 0.434. The van der Waals surface area contributed by atoms with Gasteiger partial charge in [0.15, 0.2) is 0 Å². The summed E-state index contributed by atoms with van der Waals surface area (Å²) >= 11 is 1.15. The highest BCUT2D eigenvalue weighted by molar-refractivity contribution is 7.17. The molecule has 6 nitrogen and oxygen atoms in total. The number of halogens is 1. The number of hydrogen-bond donors (Lipinski definition) is 3. The van der Waals surface area contributed by atoms with Gasteiger partial charge in [-0.1, -0.05) is 18.2 Å². The van der Waals surface area contributed by atoms with Crippen LogP contribution < -0.4 is 5.32 Å². The average molecular weight is 423 g/mol. The van der Waals surface area contributed by atoms with E-state index in [0.717, 1.165) is 27.8 Å². The molecule has 0 spiro atoms. The lowest BCUT2D eigenvalue weighted by Crippen LogP contribution is -2.42. The number of carboxylic acid groups (broad SMARTS) is 1. The molecule has 0 fully saturated rings. The predicted octanol–water partition coefficient (Wildman–Crippen LogP) is 4.16. The van der Waals surface area contributed by atoms with Crippen LogP contribution in [0.25, 0.3) is 21.5 Å². The lowest BCUT2D eigenvalue weighted by Gasteiger charge is -2.13. The van der Waals surface area contributed by atoms with E-state index in [2.05, 4.69) is 15.3 Å². The number of carbonyl (C=O) groups excluding carboxylic acids is 1. The summed E-state index contributed by atoms with van der Waals surface area (Å²) in [7, 11) is 0. The Hall–Kier alpha value is -3.52. The molecule has 30 heavy (non-hydrogen) atoms. The van der Waals surface area contributed by atoms with Crippen molar-refractivity contribution in [3.8, 4) is 10.6 Å². The molecule has 1 atom stereocenters. The van der Waals surface area contributed by atoms with Gasteiger partial charge in [0.25, 0.3) is 5.91 Å². The Morgan fingerprint density at radius 1 is 1.20 bits per heavy atom. The van der Waals surface area contributed by atoms with Crippen molar-refractivity contribution >= 4 is 34.1 Å². The van der Waals surface area contributed by atoms with Crippen molar-refractivity contribution in [3.05, 3.63) is 76.7 Å². The number of benzene rings is 2. The van der Waals surface area contributed by atoms with Gasteiger partial charge < -0.3 is 15.4 Å². The fourth-order valence-electron chi connectivity index (χ4n) is 3.27. The van der Waals surface area contributed by atoms with Crippen LogP contribution in [-0.4, -0.2) is 33.0 Å². The molecule has 2 heterocycles. The minimum atomic E-state index is -1.12. The summed E-state index contributed by atoms with van der Waals surface area (Å²) < 4.78 is 13.1. The molecule has 4 aromatic rings. The molecule has 3 N–H and O–H groups in total. The Morgan fingerprint density at radius 3 is 2.67 bits per heavy atom. The van der Waals surface area contributed by atoms with Crippen molar-refractivity contribution in [1.29, 1.82) is 0 Å². The van der Waals surface area contributed by atoms with E-state index in [1.54, 1.807) is 25.3 Å². The summed E-state index contributed by atoms with van der Waals surface area (Å²) in [5.41, 5.74) is 2.90. The van der Waals surface area contributed by atoms with Gasteiger partial charge >= 0.3 is 5.97 Å². The Kier molecular flexibility index (Phi) is 5.33. The van der Waals surface area contributed by atoms with Gasteiger partial charge in [0, 0.05) is 29.1 Å². The Labute approximate surface area is 175 Å². The molecule has 0 saturated heterocycles. The molecule has 152 valence electrons. The van der Waals surface area contributed by atoms with E-state index in [1.165, 1.54) is 12.1 Å². The van der Waals surface area contributed by atoms with Crippen LogP contribution >= 0.6 is 11.3 Å². The molecule has 8 heteroatoms. The van der Waals surface area contributed by atoms with E-state index in [-0.39, 0.29) is 12.2 Å². The largest absolute Gasteiger partial charge is 0.480 e. The number of aromatic nitrogens is 2. The Balaban J connectivity index is 1.55. The molecule has 0 saturated carbocycles. The van der Waals surface area contributed by atoms with Gasteiger partial charge in [0.2, 0.25) is 0 Å². The minimum Gasteiger partial charge on any atom is -0.480 e. The van der Waals surface area contributed by atoms with Crippen LogP contribution in [0.2, 0.25) is 0 Å². The highest BCUT2D eigenvalue weighted by Crippen LogP contribution is 2.28. The zero-order valence-electron chi connectivity index (χ0n) is 16.0. The fraction of sp³-hybridized carbons (Fsp3) is 0.136. The van der Waals surface area contributed by atoms with Crippen LogP contribution in [0.5, 0.6) is 0 Å². The topological polar surface area (TPSA) is 95.1 Å². The second-order valence-electron chi connectivity index (χ2n) is 6.87. The average Bonchev–Trinajstić information content (AvgIpc) is 3.32. The van der Waals surface area contributed by atoms with E-state index in [1.807, 2.05) is 24.3 Å². The molecule has 2 aromatic heterocycles. The van der Waals surface area contributed by atoms with Crippen molar-refractivity contribution in [2.24, 2.45) is 0 Å². The van der Waals surface area contributed by atoms with Crippen molar-refractivity contribution in [2.75, 3.05) is 0 Å². The van der Waals surface area contributed by atoms with Gasteiger partial charge in [-0.15, -0.1) is 11.3 Å². The van der Waals surface area contributed by atoms with Crippen molar-refractivity contribution < 1.29 is 19.1 Å². The lowest BCUT2D eigenvalue weighted by molar-refractivity contribution is -0.139. The number of rotatable bonds is 6. The number of H-pyrrole nitrogens is 1. The van der Waals surface area contributed by atoms with E-state index in [0.29, 0.717) is 21.1 Å². The summed E-state index contributed by atoms with van der Waals surface area (Å²) in [6.07, 6.45) is 1.91. The maximum absolute atomic E-state index is 13.1. The molecular formula is C22H18FN3O3S. The first-order valence-corrected chi connectivity index (χ1v) is 10.1. The van der Waals surface area contributed by atoms with Gasteiger partial charge in [-0.3, -0.25) is 4.79 Å². The van der Waals surface area contributed by atoms with Crippen LogP contribution in [0.3, 0.4) is 0 Å². The first-order chi connectivity index (χ1) is 14.4. The third-order valence-corrected chi connectivity index (χ3v) is 6.00. The summed E-state index contributed by atoms with van der Waals surface area (Å²) in [4.78, 5) is 32.4. The molecular weight excluding hydrogens is 405 g/mol. The Bertz CT molecular complexity index is 1230. The van der Waals surface area contributed by atoms with E-state index in [9.17, 15) is 19.1 Å². The van der Waals surface area contributed by atoms with Crippen molar-refractivity contribution in [3.63, 3.8) is 0 Å². The molecule has 0 aliphatic rings.